The summed E-state index contributed by atoms with van der Waals surface area (Å²) >= 11 is 0. The smallest absolute Gasteiger partial charge is 0.255 e. The van der Waals surface area contributed by atoms with Crippen LogP contribution in [0.15, 0.2) is 72.9 Å². The zero-order valence-electron chi connectivity index (χ0n) is 23.2. The highest BCUT2D eigenvalue weighted by Gasteiger charge is 2.22. The fourth-order valence-electron chi connectivity index (χ4n) is 5.60. The number of aromatic nitrogens is 2. The maximum atomic E-state index is 12.9. The standard InChI is InChI=1S/C32H35N5O3S/c1-22-19-26(30-20-34-31(36-30)29-3-2-14-33-29)10-13-28(22)24-6-8-25(9-7-24)32(38)35-27-11-4-23(5-12-27)21-37-15-17-41(39,40)18-16-37/h4-13,19-20,29,33H,2-3,14-18,21H2,1H3,(H,34,36)(H,35,38). The third-order valence-corrected chi connectivity index (χ3v) is 9.65. The van der Waals surface area contributed by atoms with Crippen LogP contribution in [0.25, 0.3) is 22.4 Å². The van der Waals surface area contributed by atoms with Crippen molar-refractivity contribution in [3.63, 3.8) is 0 Å². The van der Waals surface area contributed by atoms with Gasteiger partial charge in [-0.15, -0.1) is 0 Å². The molecule has 9 heteroatoms. The lowest BCUT2D eigenvalue weighted by molar-refractivity contribution is 0.102. The van der Waals surface area contributed by atoms with Crippen LogP contribution in [0.2, 0.25) is 0 Å². The van der Waals surface area contributed by atoms with E-state index in [0.29, 0.717) is 31.2 Å². The zero-order valence-corrected chi connectivity index (χ0v) is 24.0. The predicted octanol–water partition coefficient (Wildman–Crippen LogP) is 4.96. The molecule has 1 amide bonds. The number of rotatable bonds is 7. The highest BCUT2D eigenvalue weighted by atomic mass is 32.2. The number of aryl methyl sites for hydroxylation is 1. The van der Waals surface area contributed by atoms with E-state index in [4.69, 9.17) is 0 Å². The Morgan fingerprint density at radius 3 is 2.41 bits per heavy atom. The van der Waals surface area contributed by atoms with Gasteiger partial charge in [-0.1, -0.05) is 36.4 Å². The normalized spacial score (nSPS) is 18.8. The number of aromatic amines is 1. The fourth-order valence-corrected chi connectivity index (χ4v) is 6.87. The number of hydrogen-bond acceptors (Lipinski definition) is 6. The Labute approximate surface area is 241 Å². The molecule has 0 bridgehead atoms. The minimum atomic E-state index is -2.88. The summed E-state index contributed by atoms with van der Waals surface area (Å²) in [5, 5.41) is 6.46. The largest absolute Gasteiger partial charge is 0.341 e. The van der Waals surface area contributed by atoms with Crippen LogP contribution in [-0.2, 0) is 16.4 Å². The number of anilines is 1. The molecule has 0 aliphatic carbocycles. The molecule has 4 aromatic rings. The molecule has 3 aromatic carbocycles. The van der Waals surface area contributed by atoms with Gasteiger partial charge in [-0.3, -0.25) is 9.69 Å². The Morgan fingerprint density at radius 1 is 1.00 bits per heavy atom. The van der Waals surface area contributed by atoms with Crippen LogP contribution in [0.4, 0.5) is 5.69 Å². The lowest BCUT2D eigenvalue weighted by atomic mass is 9.97. The number of nitrogens with one attached hydrogen (secondary N) is 3. The molecule has 2 aliphatic rings. The molecule has 3 N–H and O–H groups in total. The Morgan fingerprint density at radius 2 is 1.73 bits per heavy atom. The van der Waals surface area contributed by atoms with Crippen LogP contribution in [0.5, 0.6) is 0 Å². The summed E-state index contributed by atoms with van der Waals surface area (Å²) in [7, 11) is -2.88. The summed E-state index contributed by atoms with van der Waals surface area (Å²) < 4.78 is 23.3. The molecule has 1 atom stereocenters. The van der Waals surface area contributed by atoms with Crippen LogP contribution < -0.4 is 10.6 Å². The Kier molecular flexibility index (Phi) is 7.75. The quantitative estimate of drug-likeness (QED) is 0.291. The number of H-pyrrole nitrogens is 1. The van der Waals surface area contributed by atoms with Crippen molar-refractivity contribution in [1.82, 2.24) is 20.2 Å². The summed E-state index contributed by atoms with van der Waals surface area (Å²) in [4.78, 5) is 23.1. The number of carbonyl (C=O) groups excluding carboxylic acids is 1. The van der Waals surface area contributed by atoms with E-state index in [-0.39, 0.29) is 17.4 Å². The van der Waals surface area contributed by atoms with Gasteiger partial charge in [-0.05, 0) is 84.5 Å². The van der Waals surface area contributed by atoms with Crippen LogP contribution in [0, 0.1) is 6.92 Å². The molecular formula is C32H35N5O3S. The fraction of sp³-hybridized carbons (Fsp3) is 0.312. The van der Waals surface area contributed by atoms with Crippen LogP contribution in [0.3, 0.4) is 0 Å². The van der Waals surface area contributed by atoms with E-state index >= 15 is 0 Å². The molecule has 0 saturated carbocycles. The molecule has 0 radical (unpaired) electrons. The second-order valence-electron chi connectivity index (χ2n) is 11.0. The molecule has 8 nitrogen and oxygen atoms in total. The van der Waals surface area contributed by atoms with E-state index in [1.165, 1.54) is 6.42 Å². The van der Waals surface area contributed by atoms with E-state index in [9.17, 15) is 13.2 Å². The van der Waals surface area contributed by atoms with E-state index in [1.54, 1.807) is 0 Å². The summed E-state index contributed by atoms with van der Waals surface area (Å²) in [6.07, 6.45) is 4.20. The summed E-state index contributed by atoms with van der Waals surface area (Å²) in [5.74, 6) is 1.27. The lowest BCUT2D eigenvalue weighted by Crippen LogP contribution is -2.39. The van der Waals surface area contributed by atoms with Crippen molar-refractivity contribution < 1.29 is 13.2 Å². The Bertz CT molecular complexity index is 1630. The minimum absolute atomic E-state index is 0.163. The van der Waals surface area contributed by atoms with E-state index < -0.39 is 9.84 Å². The lowest BCUT2D eigenvalue weighted by Gasteiger charge is -2.26. The Balaban J connectivity index is 1.07. The maximum absolute atomic E-state index is 12.9. The molecule has 6 rings (SSSR count). The molecule has 1 unspecified atom stereocenters. The number of sulfone groups is 1. The van der Waals surface area contributed by atoms with E-state index in [1.807, 2.05) is 54.7 Å². The molecule has 1 aromatic heterocycles. The molecule has 2 saturated heterocycles. The monoisotopic (exact) mass is 569 g/mol. The highest BCUT2D eigenvalue weighted by molar-refractivity contribution is 7.91. The van der Waals surface area contributed by atoms with Crippen molar-refractivity contribution >= 4 is 21.4 Å². The van der Waals surface area contributed by atoms with Crippen molar-refractivity contribution in [1.29, 1.82) is 0 Å². The zero-order chi connectivity index (χ0) is 28.4. The van der Waals surface area contributed by atoms with E-state index in [0.717, 1.165) is 58.0 Å². The number of amides is 1. The van der Waals surface area contributed by atoms with Gasteiger partial charge in [-0.2, -0.15) is 0 Å². The van der Waals surface area contributed by atoms with Crippen LogP contribution >= 0.6 is 0 Å². The molecular weight excluding hydrogens is 534 g/mol. The van der Waals surface area contributed by atoms with Crippen molar-refractivity contribution in [2.75, 3.05) is 36.5 Å². The topological polar surface area (TPSA) is 107 Å². The van der Waals surface area contributed by atoms with Crippen molar-refractivity contribution in [2.24, 2.45) is 0 Å². The van der Waals surface area contributed by atoms with Gasteiger partial charge in [0.2, 0.25) is 0 Å². The molecule has 2 aliphatic heterocycles. The second kappa shape index (κ2) is 11.6. The summed E-state index contributed by atoms with van der Waals surface area (Å²) in [5.41, 5.74) is 7.86. The maximum Gasteiger partial charge on any atom is 0.255 e. The first kappa shape index (κ1) is 27.4. The average molecular weight is 570 g/mol. The average Bonchev–Trinajstić information content (AvgIpc) is 3.68. The number of benzene rings is 3. The summed E-state index contributed by atoms with van der Waals surface area (Å²) in [6.45, 7) is 4.96. The third-order valence-electron chi connectivity index (χ3n) is 8.04. The number of hydrogen-bond donors (Lipinski definition) is 3. The molecule has 2 fully saturated rings. The molecule has 0 spiro atoms. The van der Waals surface area contributed by atoms with Crippen molar-refractivity contribution in [3.05, 3.63) is 95.4 Å². The molecule has 41 heavy (non-hydrogen) atoms. The van der Waals surface area contributed by atoms with Gasteiger partial charge >= 0.3 is 0 Å². The molecule has 212 valence electrons. The first-order chi connectivity index (χ1) is 19.8. The first-order valence-electron chi connectivity index (χ1n) is 14.2. The van der Waals surface area contributed by atoms with Gasteiger partial charge in [0.1, 0.15) is 5.82 Å². The van der Waals surface area contributed by atoms with Crippen LogP contribution in [-0.4, -0.2) is 60.3 Å². The second-order valence-corrected chi connectivity index (χ2v) is 13.3. The number of nitrogens with zero attached hydrogens (tertiary/aromatic N) is 2. The SMILES string of the molecule is Cc1cc(-c2cnc(C3CCCN3)[nH]2)ccc1-c1ccc(C(=O)Nc2ccc(CN3CCS(=O)(=O)CC3)cc2)cc1. The summed E-state index contributed by atoms with van der Waals surface area (Å²) in [6, 6.07) is 22.1. The molecule has 3 heterocycles. The Hall–Kier alpha value is -3.79. The van der Waals surface area contributed by atoms with Gasteiger partial charge in [0, 0.05) is 30.9 Å². The van der Waals surface area contributed by atoms with Crippen molar-refractivity contribution in [2.45, 2.75) is 32.4 Å². The number of carbonyl (C=O) groups is 1. The van der Waals surface area contributed by atoms with Crippen LogP contribution in [0.1, 0.15) is 46.2 Å². The first-order valence-corrected chi connectivity index (χ1v) is 16.0. The van der Waals surface area contributed by atoms with Gasteiger partial charge < -0.3 is 15.6 Å². The van der Waals surface area contributed by atoms with E-state index in [2.05, 4.69) is 50.6 Å². The third kappa shape index (κ3) is 6.43. The van der Waals surface area contributed by atoms with Gasteiger partial charge in [0.15, 0.2) is 9.84 Å². The number of imidazole rings is 1. The van der Waals surface area contributed by atoms with Gasteiger partial charge in [0.05, 0.1) is 29.4 Å². The highest BCUT2D eigenvalue weighted by Crippen LogP contribution is 2.30. The predicted molar refractivity (Wildman–Crippen MR) is 163 cm³/mol. The van der Waals surface area contributed by atoms with Gasteiger partial charge in [0.25, 0.3) is 5.91 Å². The minimum Gasteiger partial charge on any atom is -0.341 e. The van der Waals surface area contributed by atoms with Crippen molar-refractivity contribution in [3.8, 4) is 22.4 Å². The van der Waals surface area contributed by atoms with Gasteiger partial charge in [-0.25, -0.2) is 13.4 Å².